The summed E-state index contributed by atoms with van der Waals surface area (Å²) in [5.41, 5.74) is 6.70. The third kappa shape index (κ3) is 12.9. The number of hydrogen-bond donors (Lipinski definition) is 2. The lowest BCUT2D eigenvalue weighted by Crippen LogP contribution is -2.29. The third-order valence-electron chi connectivity index (χ3n) is 4.74. The topological polar surface area (TPSA) is 81.0 Å². The summed E-state index contributed by atoms with van der Waals surface area (Å²) in [6.07, 6.45) is 20.5. The number of rotatable bonds is 17. The largest absolute Gasteiger partial charge is 0.446 e. The van der Waals surface area contributed by atoms with Gasteiger partial charge in [0.15, 0.2) is 6.23 Å². The van der Waals surface area contributed by atoms with Crippen LogP contribution in [0.5, 0.6) is 0 Å². The van der Waals surface area contributed by atoms with E-state index in [1.54, 1.807) is 12.5 Å². The number of nitrogens with one attached hydrogen (secondary N) is 1. The van der Waals surface area contributed by atoms with Crippen LogP contribution in [0.3, 0.4) is 0 Å². The molecule has 0 radical (unpaired) electrons. The Bertz CT molecular complexity index is 434. The fourth-order valence-corrected chi connectivity index (χ4v) is 3.17. The Morgan fingerprint density at radius 3 is 2.04 bits per heavy atom. The Kier molecular flexibility index (Phi) is 13.8. The summed E-state index contributed by atoms with van der Waals surface area (Å²) in [7, 11) is 0. The summed E-state index contributed by atoms with van der Waals surface area (Å²) in [4.78, 5) is 18.6. The molecule has 0 saturated carbocycles. The van der Waals surface area contributed by atoms with Gasteiger partial charge in [0.05, 0.1) is 6.33 Å². The van der Waals surface area contributed by atoms with Crippen molar-refractivity contribution in [3.63, 3.8) is 0 Å². The number of imidazole rings is 1. The maximum atomic E-state index is 11.8. The van der Waals surface area contributed by atoms with Crippen LogP contribution in [-0.2, 0) is 16.0 Å². The van der Waals surface area contributed by atoms with E-state index >= 15 is 0 Å². The molecular formula is C21H39N3O2. The van der Waals surface area contributed by atoms with Crippen molar-refractivity contribution in [2.75, 3.05) is 0 Å². The first-order chi connectivity index (χ1) is 12.7. The summed E-state index contributed by atoms with van der Waals surface area (Å²) in [5.74, 6) is -0.194. The fourth-order valence-electron chi connectivity index (χ4n) is 3.17. The van der Waals surface area contributed by atoms with Gasteiger partial charge in [0.25, 0.3) is 0 Å². The van der Waals surface area contributed by atoms with Crippen LogP contribution in [-0.4, -0.2) is 22.2 Å². The molecule has 0 aliphatic rings. The van der Waals surface area contributed by atoms with E-state index in [-0.39, 0.29) is 5.97 Å². The first kappa shape index (κ1) is 22.7. The molecule has 5 heteroatoms. The van der Waals surface area contributed by atoms with E-state index in [1.807, 2.05) is 0 Å². The van der Waals surface area contributed by atoms with Crippen molar-refractivity contribution in [3.8, 4) is 0 Å². The Hall–Kier alpha value is -1.36. The van der Waals surface area contributed by atoms with Crippen molar-refractivity contribution in [2.24, 2.45) is 5.73 Å². The zero-order chi connectivity index (χ0) is 18.9. The number of aromatic nitrogens is 2. The highest BCUT2D eigenvalue weighted by atomic mass is 16.6. The van der Waals surface area contributed by atoms with Crippen molar-refractivity contribution in [2.45, 2.75) is 109 Å². The molecule has 0 fully saturated rings. The van der Waals surface area contributed by atoms with E-state index in [1.165, 1.54) is 70.6 Å². The number of esters is 1. The van der Waals surface area contributed by atoms with E-state index in [2.05, 4.69) is 16.9 Å². The molecule has 1 aromatic heterocycles. The van der Waals surface area contributed by atoms with Gasteiger partial charge in [-0.2, -0.15) is 0 Å². The number of hydrogen-bond acceptors (Lipinski definition) is 4. The maximum Gasteiger partial charge on any atom is 0.307 e. The monoisotopic (exact) mass is 365 g/mol. The van der Waals surface area contributed by atoms with Crippen molar-refractivity contribution in [1.29, 1.82) is 0 Å². The molecule has 0 spiro atoms. The van der Waals surface area contributed by atoms with Crippen LogP contribution in [0, 0.1) is 0 Å². The highest BCUT2D eigenvalue weighted by Gasteiger charge is 2.11. The fraction of sp³-hybridized carbons (Fsp3) is 0.810. The number of aromatic amines is 1. The minimum absolute atomic E-state index is 0.194. The average Bonchev–Trinajstić information content (AvgIpc) is 3.11. The highest BCUT2D eigenvalue weighted by molar-refractivity contribution is 5.69. The van der Waals surface area contributed by atoms with Crippen LogP contribution in [0.2, 0.25) is 0 Å². The van der Waals surface area contributed by atoms with E-state index in [9.17, 15) is 4.79 Å². The van der Waals surface area contributed by atoms with E-state index < -0.39 is 6.23 Å². The highest BCUT2D eigenvalue weighted by Crippen LogP contribution is 2.13. The second-order valence-electron chi connectivity index (χ2n) is 7.30. The molecular weight excluding hydrogens is 326 g/mol. The van der Waals surface area contributed by atoms with Gasteiger partial charge in [0.1, 0.15) is 0 Å². The summed E-state index contributed by atoms with van der Waals surface area (Å²) in [5, 5.41) is 0. The van der Waals surface area contributed by atoms with Gasteiger partial charge in [-0.25, -0.2) is 4.98 Å². The van der Waals surface area contributed by atoms with E-state index in [0.29, 0.717) is 12.8 Å². The Balaban J connectivity index is 1.83. The number of carbonyl (C=O) groups excluding carboxylic acids is 1. The van der Waals surface area contributed by atoms with Gasteiger partial charge in [-0.1, -0.05) is 84.0 Å². The molecule has 3 N–H and O–H groups in total. The van der Waals surface area contributed by atoms with Crippen molar-refractivity contribution < 1.29 is 9.53 Å². The molecule has 5 nitrogen and oxygen atoms in total. The average molecular weight is 366 g/mol. The minimum atomic E-state index is -0.593. The van der Waals surface area contributed by atoms with Crippen molar-refractivity contribution in [1.82, 2.24) is 9.97 Å². The number of nitrogens with two attached hydrogens (primary N) is 1. The zero-order valence-corrected chi connectivity index (χ0v) is 16.7. The van der Waals surface area contributed by atoms with Gasteiger partial charge in [0.2, 0.25) is 0 Å². The first-order valence-electron chi connectivity index (χ1n) is 10.6. The quantitative estimate of drug-likeness (QED) is 0.224. The van der Waals surface area contributed by atoms with Crippen molar-refractivity contribution >= 4 is 5.97 Å². The number of ether oxygens (including phenoxy) is 1. The minimum Gasteiger partial charge on any atom is -0.446 e. The van der Waals surface area contributed by atoms with Crippen LogP contribution >= 0.6 is 0 Å². The molecule has 1 rings (SSSR count). The third-order valence-corrected chi connectivity index (χ3v) is 4.74. The molecule has 1 aromatic rings. The second-order valence-corrected chi connectivity index (χ2v) is 7.30. The normalized spacial score (nSPS) is 12.2. The molecule has 150 valence electrons. The number of carbonyl (C=O) groups is 1. The maximum absolute atomic E-state index is 11.8. The summed E-state index contributed by atoms with van der Waals surface area (Å²) in [6, 6.07) is 0. The summed E-state index contributed by atoms with van der Waals surface area (Å²) in [6.45, 7) is 2.26. The lowest BCUT2D eigenvalue weighted by atomic mass is 10.0. The van der Waals surface area contributed by atoms with Gasteiger partial charge in [-0.3, -0.25) is 10.5 Å². The van der Waals surface area contributed by atoms with Crippen LogP contribution in [0.4, 0.5) is 0 Å². The zero-order valence-electron chi connectivity index (χ0n) is 16.7. The summed E-state index contributed by atoms with van der Waals surface area (Å²) < 4.78 is 5.22. The molecule has 0 aromatic carbocycles. The molecule has 0 amide bonds. The van der Waals surface area contributed by atoms with Gasteiger partial charge < -0.3 is 9.72 Å². The van der Waals surface area contributed by atoms with Crippen LogP contribution in [0.25, 0.3) is 0 Å². The number of H-pyrrole nitrogens is 1. The SMILES string of the molecule is CCCCCCCCCCCCCCCC(=O)OC(N)Cc1cnc[nH]1. The molecule has 0 aliphatic heterocycles. The lowest BCUT2D eigenvalue weighted by molar-refractivity contribution is -0.148. The van der Waals surface area contributed by atoms with Gasteiger partial charge in [0, 0.05) is 24.7 Å². The van der Waals surface area contributed by atoms with E-state index in [4.69, 9.17) is 10.5 Å². The molecule has 1 heterocycles. The predicted molar refractivity (Wildman–Crippen MR) is 107 cm³/mol. The van der Waals surface area contributed by atoms with Gasteiger partial charge in [-0.05, 0) is 6.42 Å². The van der Waals surface area contributed by atoms with Crippen molar-refractivity contribution in [3.05, 3.63) is 18.2 Å². The Morgan fingerprint density at radius 2 is 1.54 bits per heavy atom. The van der Waals surface area contributed by atoms with Crippen LogP contribution in [0.15, 0.2) is 12.5 Å². The first-order valence-corrected chi connectivity index (χ1v) is 10.6. The lowest BCUT2D eigenvalue weighted by Gasteiger charge is -2.12. The summed E-state index contributed by atoms with van der Waals surface area (Å²) >= 11 is 0. The van der Waals surface area contributed by atoms with Crippen LogP contribution in [0.1, 0.15) is 103 Å². The number of nitrogens with zero attached hydrogens (tertiary/aromatic N) is 1. The predicted octanol–water partition coefficient (Wildman–Crippen LogP) is 5.26. The van der Waals surface area contributed by atoms with Gasteiger partial charge in [-0.15, -0.1) is 0 Å². The number of unbranched alkanes of at least 4 members (excludes halogenated alkanes) is 12. The smallest absolute Gasteiger partial charge is 0.307 e. The standard InChI is InChI=1S/C21H39N3O2/c1-2-3-4-5-6-7-8-9-10-11-12-13-14-15-21(25)26-20(22)16-19-17-23-18-24-19/h17-18,20H,2-16,22H2,1H3,(H,23,24). The second kappa shape index (κ2) is 15.9. The molecule has 0 saturated heterocycles. The van der Waals surface area contributed by atoms with Gasteiger partial charge >= 0.3 is 5.97 Å². The van der Waals surface area contributed by atoms with E-state index in [0.717, 1.165) is 18.5 Å². The molecule has 26 heavy (non-hydrogen) atoms. The Morgan fingerprint density at radius 1 is 1.00 bits per heavy atom. The van der Waals surface area contributed by atoms with Crippen LogP contribution < -0.4 is 5.73 Å². The molecule has 0 aliphatic carbocycles. The Labute approximate surface area is 159 Å². The molecule has 1 unspecified atom stereocenters. The molecule has 0 bridgehead atoms. The molecule has 1 atom stereocenters.